The van der Waals surface area contributed by atoms with Crippen LogP contribution in [0.25, 0.3) is 10.9 Å². The number of rotatable bonds is 1. The van der Waals surface area contributed by atoms with Crippen molar-refractivity contribution in [2.24, 2.45) is 0 Å². The Labute approximate surface area is 88.1 Å². The van der Waals surface area contributed by atoms with E-state index in [4.69, 9.17) is 0 Å². The summed E-state index contributed by atoms with van der Waals surface area (Å²) in [6.45, 7) is 1.89. The highest BCUT2D eigenvalue weighted by molar-refractivity contribution is 6.06. The van der Waals surface area contributed by atoms with Crippen LogP contribution in [0.2, 0.25) is 0 Å². The summed E-state index contributed by atoms with van der Waals surface area (Å²) in [4.78, 5) is 16.0. The molecule has 0 radical (unpaired) electrons. The first-order valence-corrected chi connectivity index (χ1v) is 4.81. The normalized spacial score (nSPS) is 10.3. The van der Waals surface area contributed by atoms with Crippen molar-refractivity contribution in [3.8, 4) is 0 Å². The second kappa shape index (κ2) is 3.69. The molecule has 0 saturated carbocycles. The Morgan fingerprint density at radius 2 is 2.07 bits per heavy atom. The van der Waals surface area contributed by atoms with Crippen LogP contribution in [0.4, 0.5) is 0 Å². The van der Waals surface area contributed by atoms with Crippen molar-refractivity contribution in [3.05, 3.63) is 41.6 Å². The molecule has 0 aliphatic heterocycles. The van der Waals surface area contributed by atoms with Gasteiger partial charge >= 0.3 is 0 Å². The molecule has 1 heterocycles. The van der Waals surface area contributed by atoms with Gasteiger partial charge in [-0.25, -0.2) is 0 Å². The number of hydrogen-bond donors (Lipinski definition) is 1. The highest BCUT2D eigenvalue weighted by atomic mass is 16.1. The number of carbonyl (C=O) groups excluding carboxylic acids is 1. The number of fused-ring (bicyclic) bond motifs is 1. The zero-order chi connectivity index (χ0) is 10.8. The number of carbonyl (C=O) groups is 1. The van der Waals surface area contributed by atoms with Gasteiger partial charge in [0.1, 0.15) is 0 Å². The molecule has 0 atom stereocenters. The Hall–Kier alpha value is -1.90. The van der Waals surface area contributed by atoms with E-state index < -0.39 is 0 Å². The topological polar surface area (TPSA) is 42.0 Å². The number of aromatic nitrogens is 1. The summed E-state index contributed by atoms with van der Waals surface area (Å²) in [6.07, 6.45) is 0. The Morgan fingerprint density at radius 1 is 1.33 bits per heavy atom. The monoisotopic (exact) mass is 200 g/mol. The van der Waals surface area contributed by atoms with Crippen LogP contribution in [-0.2, 0) is 0 Å². The average Bonchev–Trinajstić information content (AvgIpc) is 2.26. The third-order valence-corrected chi connectivity index (χ3v) is 2.32. The van der Waals surface area contributed by atoms with Gasteiger partial charge < -0.3 is 5.32 Å². The molecule has 2 aromatic rings. The van der Waals surface area contributed by atoms with Crippen LogP contribution >= 0.6 is 0 Å². The second-order valence-electron chi connectivity index (χ2n) is 3.41. The molecule has 0 bridgehead atoms. The van der Waals surface area contributed by atoms with Gasteiger partial charge in [0.2, 0.25) is 0 Å². The van der Waals surface area contributed by atoms with E-state index in [-0.39, 0.29) is 5.91 Å². The van der Waals surface area contributed by atoms with Crippen molar-refractivity contribution < 1.29 is 4.79 Å². The maximum absolute atomic E-state index is 11.6. The van der Waals surface area contributed by atoms with Crippen LogP contribution in [0.15, 0.2) is 30.3 Å². The predicted octanol–water partition coefficient (Wildman–Crippen LogP) is 1.90. The minimum absolute atomic E-state index is 0.0725. The molecule has 3 nitrogen and oxygen atoms in total. The van der Waals surface area contributed by atoms with Crippen molar-refractivity contribution in [2.45, 2.75) is 6.92 Å². The van der Waals surface area contributed by atoms with Crippen LogP contribution < -0.4 is 5.32 Å². The number of benzene rings is 1. The van der Waals surface area contributed by atoms with Gasteiger partial charge in [0.25, 0.3) is 5.91 Å². The molecular weight excluding hydrogens is 188 g/mol. The fourth-order valence-electron chi connectivity index (χ4n) is 1.63. The summed E-state index contributed by atoms with van der Waals surface area (Å²) in [5, 5.41) is 3.53. The van der Waals surface area contributed by atoms with Gasteiger partial charge in [-0.3, -0.25) is 9.78 Å². The number of hydrogen-bond acceptors (Lipinski definition) is 2. The zero-order valence-electron chi connectivity index (χ0n) is 8.74. The Balaban J connectivity index is 2.76. The molecule has 0 fully saturated rings. The largest absolute Gasteiger partial charge is 0.355 e. The molecule has 0 spiro atoms. The lowest BCUT2D eigenvalue weighted by Gasteiger charge is -2.05. The molecule has 15 heavy (non-hydrogen) atoms. The molecule has 0 aliphatic carbocycles. The Morgan fingerprint density at radius 3 is 2.80 bits per heavy atom. The first kappa shape index (κ1) is 9.65. The van der Waals surface area contributed by atoms with Crippen molar-refractivity contribution >= 4 is 16.8 Å². The molecule has 1 aromatic carbocycles. The van der Waals surface area contributed by atoms with Crippen molar-refractivity contribution in [2.75, 3.05) is 7.05 Å². The molecule has 1 N–H and O–H groups in total. The molecule has 0 aliphatic rings. The van der Waals surface area contributed by atoms with Gasteiger partial charge in [0.05, 0.1) is 11.1 Å². The van der Waals surface area contributed by atoms with Gasteiger partial charge in [0.15, 0.2) is 0 Å². The summed E-state index contributed by atoms with van der Waals surface area (Å²) in [6, 6.07) is 9.45. The quantitative estimate of drug-likeness (QED) is 0.764. The van der Waals surface area contributed by atoms with E-state index >= 15 is 0 Å². The minimum atomic E-state index is -0.0725. The molecule has 1 aromatic heterocycles. The molecule has 0 unspecified atom stereocenters. The number of para-hydroxylation sites is 1. The summed E-state index contributed by atoms with van der Waals surface area (Å²) in [5.41, 5.74) is 2.39. The highest BCUT2D eigenvalue weighted by Crippen LogP contribution is 2.17. The first-order valence-electron chi connectivity index (χ1n) is 4.81. The first-order chi connectivity index (χ1) is 7.22. The molecular formula is C12H12N2O. The SMILES string of the molecule is CNC(=O)c1cc(C)nc2ccccc12. The lowest BCUT2D eigenvalue weighted by molar-refractivity contribution is 0.0964. The van der Waals surface area contributed by atoms with Crippen molar-refractivity contribution in [3.63, 3.8) is 0 Å². The maximum Gasteiger partial charge on any atom is 0.251 e. The van der Waals surface area contributed by atoms with Crippen LogP contribution in [0.3, 0.4) is 0 Å². The Bertz CT molecular complexity index is 520. The van der Waals surface area contributed by atoms with E-state index in [9.17, 15) is 4.79 Å². The maximum atomic E-state index is 11.6. The Kier molecular flexibility index (Phi) is 2.37. The van der Waals surface area contributed by atoms with E-state index in [2.05, 4.69) is 10.3 Å². The third-order valence-electron chi connectivity index (χ3n) is 2.32. The van der Waals surface area contributed by atoms with Crippen LogP contribution in [0.1, 0.15) is 16.1 Å². The lowest BCUT2D eigenvalue weighted by atomic mass is 10.1. The molecule has 76 valence electrons. The minimum Gasteiger partial charge on any atom is -0.355 e. The average molecular weight is 200 g/mol. The van der Waals surface area contributed by atoms with E-state index in [0.29, 0.717) is 5.56 Å². The molecule has 3 heteroatoms. The van der Waals surface area contributed by atoms with E-state index in [1.165, 1.54) is 0 Å². The van der Waals surface area contributed by atoms with Crippen molar-refractivity contribution in [1.82, 2.24) is 10.3 Å². The number of nitrogens with one attached hydrogen (secondary N) is 1. The van der Waals surface area contributed by atoms with Crippen molar-refractivity contribution in [1.29, 1.82) is 0 Å². The predicted molar refractivity (Wildman–Crippen MR) is 59.9 cm³/mol. The van der Waals surface area contributed by atoms with E-state index in [1.807, 2.05) is 31.2 Å². The standard InChI is InChI=1S/C12H12N2O/c1-8-7-10(12(15)13-2)9-5-3-4-6-11(9)14-8/h3-7H,1-2H3,(H,13,15). The second-order valence-corrected chi connectivity index (χ2v) is 3.41. The van der Waals surface area contributed by atoms with Gasteiger partial charge in [-0.05, 0) is 19.1 Å². The smallest absolute Gasteiger partial charge is 0.251 e. The highest BCUT2D eigenvalue weighted by Gasteiger charge is 2.09. The van der Waals surface area contributed by atoms with Gasteiger partial charge in [-0.2, -0.15) is 0 Å². The fourth-order valence-corrected chi connectivity index (χ4v) is 1.63. The third kappa shape index (κ3) is 1.68. The van der Waals surface area contributed by atoms with E-state index in [0.717, 1.165) is 16.6 Å². The summed E-state index contributed by atoms with van der Waals surface area (Å²) < 4.78 is 0. The number of nitrogens with zero attached hydrogens (tertiary/aromatic N) is 1. The summed E-state index contributed by atoms with van der Waals surface area (Å²) in [7, 11) is 1.63. The number of aryl methyl sites for hydroxylation is 1. The summed E-state index contributed by atoms with van der Waals surface area (Å²) >= 11 is 0. The van der Waals surface area contributed by atoms with Crippen LogP contribution in [-0.4, -0.2) is 17.9 Å². The van der Waals surface area contributed by atoms with Gasteiger partial charge in [-0.1, -0.05) is 18.2 Å². The summed E-state index contributed by atoms with van der Waals surface area (Å²) in [5.74, 6) is -0.0725. The lowest BCUT2D eigenvalue weighted by Crippen LogP contribution is -2.18. The number of pyridine rings is 1. The molecule has 0 saturated heterocycles. The number of amides is 1. The molecule has 1 amide bonds. The van der Waals surface area contributed by atoms with E-state index in [1.54, 1.807) is 13.1 Å². The van der Waals surface area contributed by atoms with Crippen LogP contribution in [0, 0.1) is 6.92 Å². The van der Waals surface area contributed by atoms with Gasteiger partial charge in [0, 0.05) is 18.1 Å². The van der Waals surface area contributed by atoms with Gasteiger partial charge in [-0.15, -0.1) is 0 Å². The zero-order valence-corrected chi connectivity index (χ0v) is 8.74. The molecule has 2 rings (SSSR count). The fraction of sp³-hybridized carbons (Fsp3) is 0.167. The van der Waals surface area contributed by atoms with Crippen LogP contribution in [0.5, 0.6) is 0 Å².